The van der Waals surface area contributed by atoms with Crippen molar-refractivity contribution in [3.63, 3.8) is 0 Å². The Balaban J connectivity index is 2.75. The van der Waals surface area contributed by atoms with Crippen LogP contribution >= 0.6 is 11.6 Å². The van der Waals surface area contributed by atoms with Crippen LogP contribution in [-0.2, 0) is 0 Å². The molecule has 0 aliphatic rings. The van der Waals surface area contributed by atoms with Gasteiger partial charge >= 0.3 is 0 Å². The molecule has 0 spiro atoms. The van der Waals surface area contributed by atoms with Crippen LogP contribution in [0.2, 0.25) is 0 Å². The third-order valence-electron chi connectivity index (χ3n) is 0.511. The molecule has 0 aliphatic heterocycles. The van der Waals surface area contributed by atoms with E-state index in [0.717, 1.165) is 0 Å². The SMILES string of the molecule is [CH2]CC(O)CCl. The second-order valence-electron chi connectivity index (χ2n) is 1.10. The molecule has 0 aliphatic carbocycles. The third-order valence-corrected chi connectivity index (χ3v) is 0.868. The molecule has 0 aromatic carbocycles. The first-order chi connectivity index (χ1) is 2.81. The Morgan fingerprint density at radius 1 is 1.83 bits per heavy atom. The van der Waals surface area contributed by atoms with E-state index in [9.17, 15) is 0 Å². The Morgan fingerprint density at radius 3 is 2.33 bits per heavy atom. The molecule has 1 nitrogen and oxygen atoms in total. The molecule has 1 unspecified atom stereocenters. The first-order valence-electron chi connectivity index (χ1n) is 1.84. The molecule has 0 amide bonds. The molecular weight excluding hydrogens is 99.5 g/mol. The Bertz CT molecular complexity index is 26.7. The van der Waals surface area contributed by atoms with Crippen LogP contribution in [-0.4, -0.2) is 17.1 Å². The van der Waals surface area contributed by atoms with Crippen molar-refractivity contribution in [3.8, 4) is 0 Å². The number of halogens is 1. The van der Waals surface area contributed by atoms with Gasteiger partial charge in [0.05, 0.1) is 6.10 Å². The minimum Gasteiger partial charge on any atom is -0.392 e. The average molecular weight is 108 g/mol. The van der Waals surface area contributed by atoms with Crippen LogP contribution in [0.15, 0.2) is 0 Å². The van der Waals surface area contributed by atoms with E-state index in [1.54, 1.807) is 0 Å². The van der Waals surface area contributed by atoms with E-state index < -0.39 is 6.10 Å². The normalized spacial score (nSPS) is 14.5. The highest BCUT2D eigenvalue weighted by Gasteiger charge is 1.92. The highest BCUT2D eigenvalue weighted by molar-refractivity contribution is 6.18. The average Bonchev–Trinajstić information content (AvgIpc) is 1.65. The lowest BCUT2D eigenvalue weighted by molar-refractivity contribution is 0.201. The van der Waals surface area contributed by atoms with Gasteiger partial charge < -0.3 is 5.11 Å². The monoisotopic (exact) mass is 107 g/mol. The van der Waals surface area contributed by atoms with Gasteiger partial charge in [0.2, 0.25) is 0 Å². The highest BCUT2D eigenvalue weighted by atomic mass is 35.5. The molecule has 37 valence electrons. The number of rotatable bonds is 2. The summed E-state index contributed by atoms with van der Waals surface area (Å²) >= 11 is 5.16. The molecule has 0 aromatic rings. The minimum atomic E-state index is -0.410. The van der Waals surface area contributed by atoms with Crippen molar-refractivity contribution in [2.45, 2.75) is 12.5 Å². The summed E-state index contributed by atoms with van der Waals surface area (Å²) in [5.41, 5.74) is 0. The third kappa shape index (κ3) is 2.49. The fraction of sp³-hybridized carbons (Fsp3) is 0.750. The molecule has 0 aromatic heterocycles. The van der Waals surface area contributed by atoms with Crippen LogP contribution in [0.25, 0.3) is 0 Å². The van der Waals surface area contributed by atoms with Gasteiger partial charge in [-0.2, -0.15) is 0 Å². The molecule has 1 N–H and O–H groups in total. The second kappa shape index (κ2) is 3.44. The van der Waals surface area contributed by atoms with Gasteiger partial charge in [-0.3, -0.25) is 0 Å². The van der Waals surface area contributed by atoms with Gasteiger partial charge in [-0.25, -0.2) is 0 Å². The number of alkyl halides is 1. The molecule has 0 fully saturated rings. The summed E-state index contributed by atoms with van der Waals surface area (Å²) in [5.74, 6) is 0.295. The number of hydrogen-bond donors (Lipinski definition) is 1. The molecule has 0 heterocycles. The fourth-order valence-corrected chi connectivity index (χ4v) is 0.231. The maximum absolute atomic E-state index is 8.47. The van der Waals surface area contributed by atoms with E-state index in [4.69, 9.17) is 16.7 Å². The summed E-state index contributed by atoms with van der Waals surface area (Å²) in [6, 6.07) is 0. The Kier molecular flexibility index (Phi) is 3.58. The first kappa shape index (κ1) is 6.25. The zero-order valence-electron chi connectivity index (χ0n) is 3.52. The van der Waals surface area contributed by atoms with E-state index >= 15 is 0 Å². The molecule has 2 heteroatoms. The fourth-order valence-electron chi connectivity index (χ4n) is 0.0772. The predicted octanol–water partition coefficient (Wildman–Crippen LogP) is 0.810. The molecule has 0 rings (SSSR count). The molecule has 6 heavy (non-hydrogen) atoms. The summed E-state index contributed by atoms with van der Waals surface area (Å²) in [7, 11) is 0. The minimum absolute atomic E-state index is 0.295. The lowest BCUT2D eigenvalue weighted by Crippen LogP contribution is -2.04. The summed E-state index contributed by atoms with van der Waals surface area (Å²) in [5, 5.41) is 8.47. The quantitative estimate of drug-likeness (QED) is 0.518. The maximum atomic E-state index is 8.47. The van der Waals surface area contributed by atoms with Gasteiger partial charge in [-0.05, 0) is 6.42 Å². The van der Waals surface area contributed by atoms with Gasteiger partial charge in [-0.1, -0.05) is 6.92 Å². The van der Waals surface area contributed by atoms with Crippen LogP contribution in [0.3, 0.4) is 0 Å². The molecule has 1 radical (unpaired) electrons. The van der Waals surface area contributed by atoms with Crippen molar-refractivity contribution in [2.75, 3.05) is 5.88 Å². The van der Waals surface area contributed by atoms with Crippen molar-refractivity contribution in [2.24, 2.45) is 0 Å². The van der Waals surface area contributed by atoms with Crippen molar-refractivity contribution in [3.05, 3.63) is 6.92 Å². The van der Waals surface area contributed by atoms with E-state index in [-0.39, 0.29) is 0 Å². The van der Waals surface area contributed by atoms with Crippen molar-refractivity contribution in [1.82, 2.24) is 0 Å². The van der Waals surface area contributed by atoms with Crippen molar-refractivity contribution in [1.29, 1.82) is 0 Å². The van der Waals surface area contributed by atoms with Gasteiger partial charge in [0.1, 0.15) is 0 Å². The first-order valence-corrected chi connectivity index (χ1v) is 2.38. The Morgan fingerprint density at radius 2 is 2.33 bits per heavy atom. The van der Waals surface area contributed by atoms with Crippen molar-refractivity contribution < 1.29 is 5.11 Å². The van der Waals surface area contributed by atoms with Gasteiger partial charge in [-0.15, -0.1) is 11.6 Å². The topological polar surface area (TPSA) is 20.2 Å². The maximum Gasteiger partial charge on any atom is 0.0675 e. The Hall–Kier alpha value is 0.250. The zero-order valence-corrected chi connectivity index (χ0v) is 4.28. The molecule has 0 bridgehead atoms. The van der Waals surface area contributed by atoms with E-state index in [0.29, 0.717) is 12.3 Å². The lowest BCUT2D eigenvalue weighted by atomic mass is 10.3. The largest absolute Gasteiger partial charge is 0.392 e. The van der Waals surface area contributed by atoms with Crippen LogP contribution < -0.4 is 0 Å². The van der Waals surface area contributed by atoms with Crippen LogP contribution in [0.5, 0.6) is 0 Å². The summed E-state index contributed by atoms with van der Waals surface area (Å²) in [6.07, 6.45) is 0.0930. The van der Waals surface area contributed by atoms with Crippen LogP contribution in [0.1, 0.15) is 6.42 Å². The van der Waals surface area contributed by atoms with Gasteiger partial charge in [0.15, 0.2) is 0 Å². The molecular formula is C4H8ClO. The second-order valence-corrected chi connectivity index (χ2v) is 1.41. The van der Waals surface area contributed by atoms with Gasteiger partial charge in [0, 0.05) is 5.88 Å². The predicted molar refractivity (Wildman–Crippen MR) is 26.7 cm³/mol. The number of hydrogen-bond acceptors (Lipinski definition) is 1. The smallest absolute Gasteiger partial charge is 0.0675 e. The summed E-state index contributed by atoms with van der Waals surface area (Å²) < 4.78 is 0. The Labute approximate surface area is 42.9 Å². The highest BCUT2D eigenvalue weighted by Crippen LogP contribution is 1.89. The number of aliphatic hydroxyl groups is 1. The van der Waals surface area contributed by atoms with E-state index in [2.05, 4.69) is 6.92 Å². The van der Waals surface area contributed by atoms with E-state index in [1.165, 1.54) is 0 Å². The van der Waals surface area contributed by atoms with Crippen LogP contribution in [0.4, 0.5) is 0 Å². The zero-order chi connectivity index (χ0) is 4.99. The molecule has 1 atom stereocenters. The summed E-state index contributed by atoms with van der Waals surface area (Å²) in [4.78, 5) is 0. The van der Waals surface area contributed by atoms with Crippen molar-refractivity contribution >= 4 is 11.6 Å². The molecule has 0 saturated heterocycles. The van der Waals surface area contributed by atoms with Gasteiger partial charge in [0.25, 0.3) is 0 Å². The number of aliphatic hydroxyl groups excluding tert-OH is 1. The standard InChI is InChI=1S/C4H8ClO/c1-2-4(6)3-5/h4,6H,1-3H2. The van der Waals surface area contributed by atoms with Crippen LogP contribution in [0, 0.1) is 6.92 Å². The summed E-state index contributed by atoms with van der Waals surface area (Å²) in [6.45, 7) is 3.42. The van der Waals surface area contributed by atoms with E-state index in [1.807, 2.05) is 0 Å². The molecule has 0 saturated carbocycles. The lowest BCUT2D eigenvalue weighted by Gasteiger charge is -1.96.